The van der Waals surface area contributed by atoms with E-state index in [1.807, 2.05) is 36.6 Å². The van der Waals surface area contributed by atoms with Crippen molar-refractivity contribution in [3.63, 3.8) is 0 Å². The summed E-state index contributed by atoms with van der Waals surface area (Å²) in [6.07, 6.45) is 5.36. The summed E-state index contributed by atoms with van der Waals surface area (Å²) < 4.78 is 37.2. The van der Waals surface area contributed by atoms with Crippen molar-refractivity contribution < 1.29 is 17.7 Å². The predicted octanol–water partition coefficient (Wildman–Crippen LogP) is 3.20. The standard InChI is InChI=1S/C23H26N6O4S/c1-14(2)21-26-23(33-27-21)29-10-9-16(11-29)32-22-20-19(24-13-25-22)18(12-28(20)3)15-5-7-17(8-6-15)34(4,30)31/h5-8,12-14,16H,9-11H2,1-4H3. The Morgan fingerprint density at radius 1 is 1.18 bits per heavy atom. The Labute approximate surface area is 197 Å². The minimum absolute atomic E-state index is 0.0834. The first kappa shape index (κ1) is 22.3. The first-order valence-electron chi connectivity index (χ1n) is 11.1. The molecule has 10 nitrogen and oxygen atoms in total. The van der Waals surface area contributed by atoms with Crippen LogP contribution in [0.4, 0.5) is 6.01 Å². The van der Waals surface area contributed by atoms with Crippen LogP contribution in [0.15, 0.2) is 46.2 Å². The van der Waals surface area contributed by atoms with Gasteiger partial charge in [-0.2, -0.15) is 9.97 Å². The fourth-order valence-electron chi connectivity index (χ4n) is 4.12. The fourth-order valence-corrected chi connectivity index (χ4v) is 4.75. The summed E-state index contributed by atoms with van der Waals surface area (Å²) in [5.74, 6) is 1.40. The summed E-state index contributed by atoms with van der Waals surface area (Å²) in [7, 11) is -1.34. The van der Waals surface area contributed by atoms with Crippen LogP contribution in [0, 0.1) is 0 Å². The van der Waals surface area contributed by atoms with Gasteiger partial charge in [0.25, 0.3) is 0 Å². The molecule has 0 spiro atoms. The molecule has 3 aromatic heterocycles. The Balaban J connectivity index is 1.39. The van der Waals surface area contributed by atoms with E-state index >= 15 is 0 Å². The van der Waals surface area contributed by atoms with Crippen molar-refractivity contribution in [3.05, 3.63) is 42.6 Å². The van der Waals surface area contributed by atoms with E-state index in [0.717, 1.165) is 35.1 Å². The number of anilines is 1. The zero-order valence-electron chi connectivity index (χ0n) is 19.5. The molecule has 0 bridgehead atoms. The van der Waals surface area contributed by atoms with Crippen LogP contribution in [0.5, 0.6) is 5.88 Å². The van der Waals surface area contributed by atoms with Gasteiger partial charge in [0.05, 0.1) is 11.4 Å². The predicted molar refractivity (Wildman–Crippen MR) is 127 cm³/mol. The largest absolute Gasteiger partial charge is 0.471 e. The highest BCUT2D eigenvalue weighted by molar-refractivity contribution is 7.90. The molecule has 1 saturated heterocycles. The highest BCUT2D eigenvalue weighted by atomic mass is 32.2. The lowest BCUT2D eigenvalue weighted by Crippen LogP contribution is -2.25. The van der Waals surface area contributed by atoms with Crippen LogP contribution < -0.4 is 9.64 Å². The number of aromatic nitrogens is 5. The van der Waals surface area contributed by atoms with Crippen LogP contribution in [0.3, 0.4) is 0 Å². The third-order valence-electron chi connectivity index (χ3n) is 5.95. The zero-order valence-corrected chi connectivity index (χ0v) is 20.3. The maximum absolute atomic E-state index is 11.8. The first-order valence-corrected chi connectivity index (χ1v) is 13.0. The maximum atomic E-state index is 11.8. The molecule has 4 aromatic rings. The molecule has 178 valence electrons. The molecular weight excluding hydrogens is 456 g/mol. The van der Waals surface area contributed by atoms with Crippen molar-refractivity contribution in [2.24, 2.45) is 7.05 Å². The average molecular weight is 483 g/mol. The molecule has 1 aromatic carbocycles. The first-order chi connectivity index (χ1) is 16.2. The van der Waals surface area contributed by atoms with Gasteiger partial charge in [-0.3, -0.25) is 0 Å². The molecule has 0 aliphatic carbocycles. The minimum atomic E-state index is -3.26. The molecule has 0 saturated carbocycles. The lowest BCUT2D eigenvalue weighted by molar-refractivity contribution is 0.217. The quantitative estimate of drug-likeness (QED) is 0.408. The number of fused-ring (bicyclic) bond motifs is 1. The molecule has 1 fully saturated rings. The van der Waals surface area contributed by atoms with Crippen LogP contribution >= 0.6 is 0 Å². The molecule has 1 aliphatic heterocycles. The number of hydrogen-bond acceptors (Lipinski definition) is 9. The van der Waals surface area contributed by atoms with Crippen LogP contribution in [0.2, 0.25) is 0 Å². The van der Waals surface area contributed by atoms with Gasteiger partial charge >= 0.3 is 6.01 Å². The molecule has 5 rings (SSSR count). The van der Waals surface area contributed by atoms with Gasteiger partial charge in [0.1, 0.15) is 23.5 Å². The Bertz CT molecular complexity index is 1440. The number of rotatable bonds is 6. The number of ether oxygens (including phenoxy) is 1. The second kappa shape index (κ2) is 8.39. The van der Waals surface area contributed by atoms with Gasteiger partial charge in [-0.05, 0) is 17.7 Å². The summed E-state index contributed by atoms with van der Waals surface area (Å²) in [4.78, 5) is 15.7. The maximum Gasteiger partial charge on any atom is 0.324 e. The van der Waals surface area contributed by atoms with Crippen molar-refractivity contribution in [1.82, 2.24) is 24.7 Å². The molecule has 1 aliphatic rings. The zero-order chi connectivity index (χ0) is 24.0. The third-order valence-corrected chi connectivity index (χ3v) is 7.08. The van der Waals surface area contributed by atoms with Crippen molar-refractivity contribution in [2.75, 3.05) is 24.2 Å². The molecule has 0 N–H and O–H groups in total. The van der Waals surface area contributed by atoms with Gasteiger partial charge < -0.3 is 18.7 Å². The highest BCUT2D eigenvalue weighted by Crippen LogP contribution is 2.34. The Kier molecular flexibility index (Phi) is 5.51. The van der Waals surface area contributed by atoms with Gasteiger partial charge in [-0.15, -0.1) is 0 Å². The molecule has 34 heavy (non-hydrogen) atoms. The number of nitrogens with zero attached hydrogens (tertiary/aromatic N) is 6. The summed E-state index contributed by atoms with van der Waals surface area (Å²) in [6.45, 7) is 5.43. The van der Waals surface area contributed by atoms with E-state index in [-0.39, 0.29) is 16.9 Å². The monoisotopic (exact) mass is 482 g/mol. The summed E-state index contributed by atoms with van der Waals surface area (Å²) in [5, 5.41) is 4.05. The normalized spacial score (nSPS) is 16.6. The van der Waals surface area contributed by atoms with Crippen molar-refractivity contribution in [1.29, 1.82) is 0 Å². The van der Waals surface area contributed by atoms with Gasteiger partial charge in [0, 0.05) is 43.9 Å². The highest BCUT2D eigenvalue weighted by Gasteiger charge is 2.29. The van der Waals surface area contributed by atoms with Crippen LogP contribution in [-0.2, 0) is 16.9 Å². The van der Waals surface area contributed by atoms with E-state index in [1.165, 1.54) is 12.6 Å². The Morgan fingerprint density at radius 3 is 2.62 bits per heavy atom. The van der Waals surface area contributed by atoms with E-state index in [9.17, 15) is 8.42 Å². The Hall–Kier alpha value is -3.47. The van der Waals surface area contributed by atoms with E-state index in [0.29, 0.717) is 24.3 Å². The van der Waals surface area contributed by atoms with E-state index in [4.69, 9.17) is 9.26 Å². The van der Waals surface area contributed by atoms with E-state index < -0.39 is 9.84 Å². The van der Waals surface area contributed by atoms with Gasteiger partial charge in [0.15, 0.2) is 15.7 Å². The van der Waals surface area contributed by atoms with Gasteiger partial charge in [0.2, 0.25) is 5.88 Å². The minimum Gasteiger partial charge on any atom is -0.471 e. The topological polar surface area (TPSA) is 116 Å². The lowest BCUT2D eigenvalue weighted by atomic mass is 10.1. The fraction of sp³-hybridized carbons (Fsp3) is 0.391. The molecule has 1 atom stereocenters. The molecule has 0 amide bonds. The van der Waals surface area contributed by atoms with Crippen LogP contribution in [0.25, 0.3) is 22.2 Å². The number of hydrogen-bond donors (Lipinski definition) is 0. The smallest absolute Gasteiger partial charge is 0.324 e. The second-order valence-electron chi connectivity index (χ2n) is 8.89. The molecular formula is C23H26N6O4S. The molecule has 1 unspecified atom stereocenters. The van der Waals surface area contributed by atoms with Crippen LogP contribution in [-0.4, -0.2) is 58.5 Å². The van der Waals surface area contributed by atoms with Gasteiger partial charge in [-0.1, -0.05) is 31.1 Å². The molecule has 4 heterocycles. The van der Waals surface area contributed by atoms with Crippen molar-refractivity contribution in [2.45, 2.75) is 37.2 Å². The van der Waals surface area contributed by atoms with Crippen LogP contribution in [0.1, 0.15) is 32.0 Å². The summed E-state index contributed by atoms with van der Waals surface area (Å²) >= 11 is 0. The second-order valence-corrected chi connectivity index (χ2v) is 10.9. The Morgan fingerprint density at radius 2 is 1.94 bits per heavy atom. The van der Waals surface area contributed by atoms with E-state index in [2.05, 4.69) is 20.1 Å². The number of aryl methyl sites for hydroxylation is 1. The van der Waals surface area contributed by atoms with Crippen molar-refractivity contribution in [3.8, 4) is 17.0 Å². The van der Waals surface area contributed by atoms with E-state index in [1.54, 1.807) is 24.3 Å². The molecule has 0 radical (unpaired) electrons. The third kappa shape index (κ3) is 4.11. The summed E-state index contributed by atoms with van der Waals surface area (Å²) in [6, 6.07) is 7.31. The van der Waals surface area contributed by atoms with Gasteiger partial charge in [-0.25, -0.2) is 13.4 Å². The SMILES string of the molecule is CC(C)c1noc(N2CCC(Oc3ncnc4c(-c5ccc(S(C)(=O)=O)cc5)cn(C)c34)C2)n1. The number of sulfone groups is 1. The summed E-state index contributed by atoms with van der Waals surface area (Å²) in [5.41, 5.74) is 3.27. The van der Waals surface area contributed by atoms with Crippen molar-refractivity contribution >= 4 is 26.9 Å². The molecule has 11 heteroatoms. The lowest BCUT2D eigenvalue weighted by Gasteiger charge is -2.15. The average Bonchev–Trinajstić information content (AvgIpc) is 3.52. The number of benzene rings is 1.